The lowest BCUT2D eigenvalue weighted by atomic mass is 10.2. The fraction of sp³-hybridized carbons (Fsp3) is 0.200. The van der Waals surface area contributed by atoms with E-state index in [9.17, 15) is 4.79 Å². The number of carbonyl (C=O) groups is 1. The minimum Gasteiger partial charge on any atom is -0.469 e. The largest absolute Gasteiger partial charge is 0.469 e. The van der Waals surface area contributed by atoms with Gasteiger partial charge in [-0.1, -0.05) is 23.5 Å². The summed E-state index contributed by atoms with van der Waals surface area (Å²) < 4.78 is 6.29. The summed E-state index contributed by atoms with van der Waals surface area (Å²) in [6.45, 7) is 2.02. The van der Waals surface area contributed by atoms with Gasteiger partial charge >= 0.3 is 0 Å². The first-order chi connectivity index (χ1) is 9.72. The van der Waals surface area contributed by atoms with Crippen molar-refractivity contribution in [3.63, 3.8) is 0 Å². The molecule has 3 aromatic rings. The number of amides is 1. The van der Waals surface area contributed by atoms with Gasteiger partial charge < -0.3 is 9.73 Å². The van der Waals surface area contributed by atoms with Crippen LogP contribution in [0.1, 0.15) is 17.7 Å². The first-order valence-electron chi connectivity index (χ1n) is 6.41. The summed E-state index contributed by atoms with van der Waals surface area (Å²) in [5, 5.41) is 3.50. The molecule has 2 heterocycles. The highest BCUT2D eigenvalue weighted by molar-refractivity contribution is 7.22. The molecule has 0 aliphatic rings. The molecule has 4 nitrogen and oxygen atoms in total. The van der Waals surface area contributed by atoms with Crippen molar-refractivity contribution in [1.29, 1.82) is 0 Å². The number of rotatable bonds is 4. The summed E-state index contributed by atoms with van der Waals surface area (Å²) >= 11 is 1.50. The van der Waals surface area contributed by atoms with Gasteiger partial charge in [-0.2, -0.15) is 0 Å². The molecule has 1 N–H and O–H groups in total. The van der Waals surface area contributed by atoms with Crippen LogP contribution in [0.4, 0.5) is 5.13 Å². The van der Waals surface area contributed by atoms with Crippen LogP contribution in [0, 0.1) is 6.92 Å². The molecule has 0 saturated heterocycles. The van der Waals surface area contributed by atoms with Crippen LogP contribution in [-0.4, -0.2) is 10.9 Å². The van der Waals surface area contributed by atoms with Gasteiger partial charge in [0, 0.05) is 12.8 Å². The molecule has 3 rings (SSSR count). The molecule has 0 fully saturated rings. The number of nitrogens with zero attached hydrogens (tertiary/aromatic N) is 1. The molecule has 0 bridgehead atoms. The van der Waals surface area contributed by atoms with Crippen molar-refractivity contribution < 1.29 is 9.21 Å². The average Bonchev–Trinajstić information content (AvgIpc) is 3.05. The van der Waals surface area contributed by atoms with Gasteiger partial charge in [-0.25, -0.2) is 4.98 Å². The Hall–Kier alpha value is -2.14. The predicted molar refractivity (Wildman–Crippen MR) is 80.0 cm³/mol. The molecule has 0 unspecified atom stereocenters. The van der Waals surface area contributed by atoms with E-state index in [2.05, 4.69) is 10.3 Å². The topological polar surface area (TPSA) is 55.1 Å². The van der Waals surface area contributed by atoms with Crippen molar-refractivity contribution in [2.24, 2.45) is 0 Å². The smallest absolute Gasteiger partial charge is 0.226 e. The molecule has 0 aliphatic carbocycles. The Bertz CT molecular complexity index is 732. The Kier molecular flexibility index (Phi) is 3.52. The highest BCUT2D eigenvalue weighted by atomic mass is 32.1. The maximum Gasteiger partial charge on any atom is 0.226 e. The number of aromatic nitrogens is 1. The normalized spacial score (nSPS) is 10.8. The van der Waals surface area contributed by atoms with Gasteiger partial charge in [0.1, 0.15) is 5.76 Å². The van der Waals surface area contributed by atoms with Gasteiger partial charge in [0.2, 0.25) is 5.91 Å². The van der Waals surface area contributed by atoms with E-state index >= 15 is 0 Å². The second-order valence-corrected chi connectivity index (χ2v) is 5.60. The third kappa shape index (κ3) is 2.72. The van der Waals surface area contributed by atoms with Crippen LogP contribution in [0.15, 0.2) is 41.0 Å². The van der Waals surface area contributed by atoms with E-state index < -0.39 is 0 Å². The van der Waals surface area contributed by atoms with E-state index in [0.717, 1.165) is 21.5 Å². The zero-order chi connectivity index (χ0) is 13.9. The maximum atomic E-state index is 11.9. The van der Waals surface area contributed by atoms with Crippen LogP contribution in [0.5, 0.6) is 0 Å². The van der Waals surface area contributed by atoms with E-state index in [1.165, 1.54) is 11.3 Å². The van der Waals surface area contributed by atoms with Crippen LogP contribution in [0.2, 0.25) is 0 Å². The van der Waals surface area contributed by atoms with Gasteiger partial charge in [0.05, 0.1) is 16.5 Å². The Morgan fingerprint density at radius 2 is 2.25 bits per heavy atom. The van der Waals surface area contributed by atoms with E-state index in [4.69, 9.17) is 4.42 Å². The highest BCUT2D eigenvalue weighted by Gasteiger charge is 2.09. The first kappa shape index (κ1) is 12.9. The number of fused-ring (bicyclic) bond motifs is 1. The zero-order valence-electron chi connectivity index (χ0n) is 11.1. The third-order valence-corrected chi connectivity index (χ3v) is 3.98. The molecule has 0 atom stereocenters. The van der Waals surface area contributed by atoms with Crippen molar-refractivity contribution >= 4 is 32.6 Å². The fourth-order valence-corrected chi connectivity index (χ4v) is 2.97. The minimum absolute atomic E-state index is 0.0434. The molecule has 102 valence electrons. The molecule has 1 aromatic carbocycles. The number of anilines is 1. The van der Waals surface area contributed by atoms with Crippen LogP contribution in [-0.2, 0) is 11.2 Å². The Labute approximate surface area is 120 Å². The van der Waals surface area contributed by atoms with Crippen LogP contribution < -0.4 is 5.32 Å². The number of nitrogens with one attached hydrogen (secondary N) is 1. The summed E-state index contributed by atoms with van der Waals surface area (Å²) in [5.74, 6) is 0.776. The molecule has 0 radical (unpaired) electrons. The second-order valence-electron chi connectivity index (χ2n) is 4.57. The number of hydrogen-bond donors (Lipinski definition) is 1. The maximum absolute atomic E-state index is 11.9. The van der Waals surface area contributed by atoms with Gasteiger partial charge in [0.25, 0.3) is 0 Å². The Morgan fingerprint density at radius 1 is 1.35 bits per heavy atom. The summed E-state index contributed by atoms with van der Waals surface area (Å²) in [4.78, 5) is 16.3. The number of aryl methyl sites for hydroxylation is 2. The molecular formula is C15H14N2O2S. The van der Waals surface area contributed by atoms with Crippen LogP contribution in [0.25, 0.3) is 10.2 Å². The molecule has 20 heavy (non-hydrogen) atoms. The Balaban J connectivity index is 1.66. The zero-order valence-corrected chi connectivity index (χ0v) is 11.9. The molecule has 0 saturated carbocycles. The van der Waals surface area contributed by atoms with Crippen molar-refractivity contribution in [3.8, 4) is 0 Å². The molecule has 5 heteroatoms. The lowest BCUT2D eigenvalue weighted by molar-refractivity contribution is -0.116. The monoisotopic (exact) mass is 286 g/mol. The van der Waals surface area contributed by atoms with Crippen molar-refractivity contribution in [2.45, 2.75) is 19.8 Å². The lowest BCUT2D eigenvalue weighted by Crippen LogP contribution is -2.11. The number of furan rings is 1. The van der Waals surface area contributed by atoms with E-state index in [0.29, 0.717) is 18.0 Å². The molecular weight excluding hydrogens is 272 g/mol. The summed E-state index contributed by atoms with van der Waals surface area (Å²) in [6.07, 6.45) is 2.61. The standard InChI is InChI=1S/C15H14N2O2S/c1-10-4-2-6-12-14(10)17-15(20-12)16-13(18)8-7-11-5-3-9-19-11/h2-6,9H,7-8H2,1H3,(H,16,17,18). The minimum atomic E-state index is -0.0434. The highest BCUT2D eigenvalue weighted by Crippen LogP contribution is 2.27. The number of carbonyl (C=O) groups excluding carboxylic acids is 1. The molecule has 0 aliphatic heterocycles. The fourth-order valence-electron chi connectivity index (χ4n) is 2.01. The van der Waals surface area contributed by atoms with E-state index in [1.807, 2.05) is 37.3 Å². The van der Waals surface area contributed by atoms with Gasteiger partial charge in [-0.05, 0) is 30.7 Å². The molecule has 2 aromatic heterocycles. The van der Waals surface area contributed by atoms with Gasteiger partial charge in [0.15, 0.2) is 5.13 Å². The van der Waals surface area contributed by atoms with Crippen molar-refractivity contribution in [2.75, 3.05) is 5.32 Å². The third-order valence-electron chi connectivity index (χ3n) is 3.05. The van der Waals surface area contributed by atoms with E-state index in [-0.39, 0.29) is 5.91 Å². The Morgan fingerprint density at radius 3 is 3.00 bits per heavy atom. The summed E-state index contributed by atoms with van der Waals surface area (Å²) in [7, 11) is 0. The average molecular weight is 286 g/mol. The number of benzene rings is 1. The number of hydrogen-bond acceptors (Lipinski definition) is 4. The first-order valence-corrected chi connectivity index (χ1v) is 7.22. The number of para-hydroxylation sites is 1. The molecule has 1 amide bonds. The lowest BCUT2D eigenvalue weighted by Gasteiger charge is -1.99. The second kappa shape index (κ2) is 5.46. The van der Waals surface area contributed by atoms with E-state index in [1.54, 1.807) is 6.26 Å². The summed E-state index contributed by atoms with van der Waals surface area (Å²) in [5.41, 5.74) is 2.08. The quantitative estimate of drug-likeness (QED) is 0.794. The summed E-state index contributed by atoms with van der Waals surface area (Å²) in [6, 6.07) is 9.72. The van der Waals surface area contributed by atoms with Crippen molar-refractivity contribution in [3.05, 3.63) is 47.9 Å². The predicted octanol–water partition coefficient (Wildman–Crippen LogP) is 3.77. The van der Waals surface area contributed by atoms with Crippen LogP contribution in [0.3, 0.4) is 0 Å². The van der Waals surface area contributed by atoms with Gasteiger partial charge in [-0.15, -0.1) is 0 Å². The number of thiazole rings is 1. The van der Waals surface area contributed by atoms with Crippen LogP contribution >= 0.6 is 11.3 Å². The molecule has 0 spiro atoms. The SMILES string of the molecule is Cc1cccc2sc(NC(=O)CCc3ccco3)nc12. The van der Waals surface area contributed by atoms with Crippen molar-refractivity contribution in [1.82, 2.24) is 4.98 Å². The van der Waals surface area contributed by atoms with Gasteiger partial charge in [-0.3, -0.25) is 4.79 Å².